The van der Waals surface area contributed by atoms with E-state index in [4.69, 9.17) is 4.74 Å². The van der Waals surface area contributed by atoms with Crippen LogP contribution in [0.2, 0.25) is 0 Å². The Kier molecular flexibility index (Phi) is 6.12. The molecule has 2 heteroatoms. The van der Waals surface area contributed by atoms with Gasteiger partial charge in [0, 0.05) is 6.61 Å². The van der Waals surface area contributed by atoms with Gasteiger partial charge in [0.05, 0.1) is 12.6 Å². The van der Waals surface area contributed by atoms with Crippen molar-refractivity contribution in [2.45, 2.75) is 26.8 Å². The summed E-state index contributed by atoms with van der Waals surface area (Å²) in [5, 5.41) is 3.45. The lowest BCUT2D eigenvalue weighted by Crippen LogP contribution is -2.26. The van der Waals surface area contributed by atoms with E-state index in [2.05, 4.69) is 50.4 Å². The Morgan fingerprint density at radius 2 is 1.81 bits per heavy atom. The molecule has 90 valence electrons. The third kappa shape index (κ3) is 4.77. The lowest BCUT2D eigenvalue weighted by Gasteiger charge is -2.19. The smallest absolute Gasteiger partial charge is 0.0661 e. The third-order valence-corrected chi connectivity index (χ3v) is 2.39. The van der Waals surface area contributed by atoms with Crippen molar-refractivity contribution in [1.29, 1.82) is 0 Å². The molecule has 0 aliphatic heterocycles. The van der Waals surface area contributed by atoms with Crippen molar-refractivity contribution in [3.05, 3.63) is 35.9 Å². The van der Waals surface area contributed by atoms with Crippen LogP contribution in [0.15, 0.2) is 30.3 Å². The molecule has 0 fully saturated rings. The Labute approximate surface area is 99.0 Å². The predicted molar refractivity (Wildman–Crippen MR) is 68.5 cm³/mol. The minimum atomic E-state index is 0.310. The van der Waals surface area contributed by atoms with Gasteiger partial charge in [0.25, 0.3) is 0 Å². The molecule has 1 aromatic rings. The van der Waals surface area contributed by atoms with Crippen LogP contribution in [-0.4, -0.2) is 19.8 Å². The molecule has 0 spiro atoms. The minimum Gasteiger partial charge on any atom is -0.379 e. The van der Waals surface area contributed by atoms with Gasteiger partial charge in [0.1, 0.15) is 0 Å². The number of rotatable bonds is 7. The van der Waals surface area contributed by atoms with Gasteiger partial charge in [-0.05, 0) is 18.0 Å². The SMILES string of the molecule is CCNC(COCC(C)C)c1ccccc1. The highest BCUT2D eigenvalue weighted by molar-refractivity contribution is 5.18. The van der Waals surface area contributed by atoms with Crippen LogP contribution in [0.4, 0.5) is 0 Å². The maximum absolute atomic E-state index is 5.70. The van der Waals surface area contributed by atoms with Gasteiger partial charge in [-0.2, -0.15) is 0 Å². The maximum atomic E-state index is 5.70. The van der Waals surface area contributed by atoms with Crippen LogP contribution in [0.3, 0.4) is 0 Å². The van der Waals surface area contributed by atoms with Crippen LogP contribution >= 0.6 is 0 Å². The first-order chi connectivity index (χ1) is 7.74. The summed E-state index contributed by atoms with van der Waals surface area (Å²) in [5.41, 5.74) is 1.30. The van der Waals surface area contributed by atoms with Crippen molar-refractivity contribution in [2.75, 3.05) is 19.8 Å². The summed E-state index contributed by atoms with van der Waals surface area (Å²) in [7, 11) is 0. The molecular weight excluding hydrogens is 198 g/mol. The average Bonchev–Trinajstić information content (AvgIpc) is 2.29. The van der Waals surface area contributed by atoms with Gasteiger partial charge < -0.3 is 10.1 Å². The molecule has 1 aromatic carbocycles. The fraction of sp³-hybridized carbons (Fsp3) is 0.571. The third-order valence-electron chi connectivity index (χ3n) is 2.39. The molecule has 0 aliphatic rings. The molecule has 1 N–H and O–H groups in total. The molecule has 0 saturated heterocycles. The number of ether oxygens (including phenoxy) is 1. The Hall–Kier alpha value is -0.860. The average molecular weight is 221 g/mol. The molecule has 1 atom stereocenters. The molecule has 0 saturated carbocycles. The van der Waals surface area contributed by atoms with Crippen molar-refractivity contribution in [2.24, 2.45) is 5.92 Å². The van der Waals surface area contributed by atoms with E-state index in [1.54, 1.807) is 0 Å². The zero-order valence-corrected chi connectivity index (χ0v) is 10.6. The highest BCUT2D eigenvalue weighted by atomic mass is 16.5. The van der Waals surface area contributed by atoms with E-state index in [0.717, 1.165) is 19.8 Å². The summed E-state index contributed by atoms with van der Waals surface area (Å²) in [6.07, 6.45) is 0. The van der Waals surface area contributed by atoms with Crippen LogP contribution in [-0.2, 0) is 4.74 Å². The first-order valence-electron chi connectivity index (χ1n) is 6.10. The number of hydrogen-bond donors (Lipinski definition) is 1. The molecule has 0 amide bonds. The first-order valence-corrected chi connectivity index (χ1v) is 6.10. The van der Waals surface area contributed by atoms with Crippen LogP contribution in [0.5, 0.6) is 0 Å². The standard InChI is InChI=1S/C14H23NO/c1-4-15-14(11-16-10-12(2)3)13-8-6-5-7-9-13/h5-9,12,14-15H,4,10-11H2,1-3H3. The fourth-order valence-corrected chi connectivity index (χ4v) is 1.63. The Balaban J connectivity index is 2.48. The number of hydrogen-bond acceptors (Lipinski definition) is 2. The summed E-state index contributed by atoms with van der Waals surface area (Å²) in [5.74, 6) is 0.595. The highest BCUT2D eigenvalue weighted by Gasteiger charge is 2.09. The zero-order chi connectivity index (χ0) is 11.8. The van der Waals surface area contributed by atoms with Gasteiger partial charge in [0.15, 0.2) is 0 Å². The van der Waals surface area contributed by atoms with Crippen molar-refractivity contribution in [1.82, 2.24) is 5.32 Å². The quantitative estimate of drug-likeness (QED) is 0.764. The molecule has 0 heterocycles. The summed E-state index contributed by atoms with van der Waals surface area (Å²) < 4.78 is 5.70. The van der Waals surface area contributed by atoms with Gasteiger partial charge in [-0.1, -0.05) is 51.1 Å². The van der Waals surface area contributed by atoms with Gasteiger partial charge >= 0.3 is 0 Å². The lowest BCUT2D eigenvalue weighted by atomic mass is 10.1. The van der Waals surface area contributed by atoms with Crippen LogP contribution in [0.1, 0.15) is 32.4 Å². The van der Waals surface area contributed by atoms with Crippen LogP contribution < -0.4 is 5.32 Å². The molecule has 0 radical (unpaired) electrons. The molecule has 16 heavy (non-hydrogen) atoms. The minimum absolute atomic E-state index is 0.310. The number of likely N-dealkylation sites (N-methyl/N-ethyl adjacent to an activating group) is 1. The predicted octanol–water partition coefficient (Wildman–Crippen LogP) is 3.01. The summed E-state index contributed by atoms with van der Waals surface area (Å²) >= 11 is 0. The second-order valence-electron chi connectivity index (χ2n) is 4.45. The van der Waals surface area contributed by atoms with E-state index in [1.807, 2.05) is 6.07 Å². The summed E-state index contributed by atoms with van der Waals surface area (Å²) in [6.45, 7) is 9.00. The topological polar surface area (TPSA) is 21.3 Å². The van der Waals surface area contributed by atoms with Crippen molar-refractivity contribution >= 4 is 0 Å². The summed E-state index contributed by atoms with van der Waals surface area (Å²) in [4.78, 5) is 0. The van der Waals surface area contributed by atoms with Gasteiger partial charge in [-0.15, -0.1) is 0 Å². The second kappa shape index (κ2) is 7.42. The maximum Gasteiger partial charge on any atom is 0.0661 e. The van der Waals surface area contributed by atoms with Gasteiger partial charge in [0.2, 0.25) is 0 Å². The largest absolute Gasteiger partial charge is 0.379 e. The molecule has 0 aromatic heterocycles. The molecule has 1 rings (SSSR count). The Bertz CT molecular complexity index is 271. The van der Waals surface area contributed by atoms with E-state index < -0.39 is 0 Å². The van der Waals surface area contributed by atoms with Crippen molar-refractivity contribution < 1.29 is 4.74 Å². The van der Waals surface area contributed by atoms with E-state index in [1.165, 1.54) is 5.56 Å². The summed E-state index contributed by atoms with van der Waals surface area (Å²) in [6, 6.07) is 10.8. The first kappa shape index (κ1) is 13.2. The monoisotopic (exact) mass is 221 g/mol. The Morgan fingerprint density at radius 3 is 2.38 bits per heavy atom. The van der Waals surface area contributed by atoms with Crippen molar-refractivity contribution in [3.63, 3.8) is 0 Å². The molecule has 1 unspecified atom stereocenters. The molecule has 0 bridgehead atoms. The van der Waals surface area contributed by atoms with Crippen molar-refractivity contribution in [3.8, 4) is 0 Å². The van der Waals surface area contributed by atoms with Gasteiger partial charge in [-0.25, -0.2) is 0 Å². The normalized spacial score (nSPS) is 13.0. The number of nitrogens with one attached hydrogen (secondary N) is 1. The number of benzene rings is 1. The molecule has 2 nitrogen and oxygen atoms in total. The van der Waals surface area contributed by atoms with Crippen LogP contribution in [0.25, 0.3) is 0 Å². The van der Waals surface area contributed by atoms with Crippen LogP contribution in [0, 0.1) is 5.92 Å². The lowest BCUT2D eigenvalue weighted by molar-refractivity contribution is 0.0905. The Morgan fingerprint density at radius 1 is 1.12 bits per heavy atom. The molecular formula is C14H23NO. The van der Waals surface area contributed by atoms with Gasteiger partial charge in [-0.3, -0.25) is 0 Å². The highest BCUT2D eigenvalue weighted by Crippen LogP contribution is 2.13. The van der Waals surface area contributed by atoms with E-state index in [-0.39, 0.29) is 0 Å². The second-order valence-corrected chi connectivity index (χ2v) is 4.45. The molecule has 0 aliphatic carbocycles. The zero-order valence-electron chi connectivity index (χ0n) is 10.6. The van der Waals surface area contributed by atoms with E-state index in [0.29, 0.717) is 12.0 Å². The van der Waals surface area contributed by atoms with E-state index >= 15 is 0 Å². The fourth-order valence-electron chi connectivity index (χ4n) is 1.63. The van der Waals surface area contributed by atoms with E-state index in [9.17, 15) is 0 Å².